The molecule has 0 unspecified atom stereocenters. The summed E-state index contributed by atoms with van der Waals surface area (Å²) in [5.74, 6) is -0.686. The van der Waals surface area contributed by atoms with Crippen molar-refractivity contribution in [3.05, 3.63) is 65.5 Å². The Balaban J connectivity index is 2.02. The zero-order chi connectivity index (χ0) is 20.0. The fourth-order valence-corrected chi connectivity index (χ4v) is 3.18. The van der Waals surface area contributed by atoms with Crippen LogP contribution in [0.5, 0.6) is 0 Å². The van der Waals surface area contributed by atoms with Crippen molar-refractivity contribution in [3.63, 3.8) is 0 Å². The molecule has 2 aromatic carbocycles. The van der Waals surface area contributed by atoms with Gasteiger partial charge in [-0.25, -0.2) is 18.2 Å². The standard InChI is InChI=1S/C19H22FN3O3S/c1-14(2)16-6-4-15(5-7-16)12-21-22-19(24)13-23(27(3,25)26)18-10-8-17(20)9-11-18/h4-12,14H,13H2,1-3H3,(H,22,24)/b21-12-. The average molecular weight is 391 g/mol. The molecule has 0 spiro atoms. The molecule has 0 aromatic heterocycles. The minimum absolute atomic E-state index is 0.197. The molecule has 0 aliphatic carbocycles. The van der Waals surface area contributed by atoms with E-state index in [9.17, 15) is 17.6 Å². The van der Waals surface area contributed by atoms with Crippen molar-refractivity contribution in [1.29, 1.82) is 0 Å². The number of anilines is 1. The van der Waals surface area contributed by atoms with E-state index in [4.69, 9.17) is 0 Å². The first kappa shape index (κ1) is 20.6. The molecule has 0 fully saturated rings. The van der Waals surface area contributed by atoms with Gasteiger partial charge >= 0.3 is 0 Å². The SMILES string of the molecule is CC(C)c1ccc(/C=N\NC(=O)CN(c2ccc(F)cc2)S(C)(=O)=O)cc1. The molecule has 0 saturated carbocycles. The fraction of sp³-hybridized carbons (Fsp3) is 0.263. The second kappa shape index (κ2) is 8.77. The zero-order valence-corrected chi connectivity index (χ0v) is 16.2. The van der Waals surface area contributed by atoms with Crippen molar-refractivity contribution in [2.75, 3.05) is 17.1 Å². The molecule has 2 rings (SSSR count). The van der Waals surface area contributed by atoms with Crippen molar-refractivity contribution in [2.45, 2.75) is 19.8 Å². The molecule has 0 aliphatic rings. The minimum Gasteiger partial charge on any atom is -0.271 e. The van der Waals surface area contributed by atoms with Gasteiger partial charge in [-0.15, -0.1) is 0 Å². The van der Waals surface area contributed by atoms with Gasteiger partial charge in [0.15, 0.2) is 0 Å². The van der Waals surface area contributed by atoms with Gasteiger partial charge in [0.2, 0.25) is 10.0 Å². The number of hydrogen-bond donors (Lipinski definition) is 1. The maximum atomic E-state index is 13.0. The molecule has 0 bridgehead atoms. The Hall–Kier alpha value is -2.74. The van der Waals surface area contributed by atoms with Gasteiger partial charge in [-0.05, 0) is 41.3 Å². The molecule has 0 atom stereocenters. The lowest BCUT2D eigenvalue weighted by molar-refractivity contribution is -0.119. The van der Waals surface area contributed by atoms with E-state index in [0.717, 1.165) is 28.3 Å². The van der Waals surface area contributed by atoms with Crippen LogP contribution in [0.2, 0.25) is 0 Å². The van der Waals surface area contributed by atoms with E-state index >= 15 is 0 Å². The van der Waals surface area contributed by atoms with Gasteiger partial charge in [0.25, 0.3) is 5.91 Å². The molecule has 0 radical (unpaired) electrons. The molecule has 8 heteroatoms. The third-order valence-electron chi connectivity index (χ3n) is 3.81. The predicted molar refractivity (Wildman–Crippen MR) is 105 cm³/mol. The molecule has 0 aliphatic heterocycles. The van der Waals surface area contributed by atoms with Crippen LogP contribution < -0.4 is 9.73 Å². The van der Waals surface area contributed by atoms with Crippen LogP contribution in [0.4, 0.5) is 10.1 Å². The molecule has 0 heterocycles. The monoisotopic (exact) mass is 391 g/mol. The van der Waals surface area contributed by atoms with E-state index in [1.807, 2.05) is 24.3 Å². The molecule has 1 amide bonds. The Morgan fingerprint density at radius 2 is 1.74 bits per heavy atom. The molecule has 0 saturated heterocycles. The normalized spacial score (nSPS) is 11.7. The summed E-state index contributed by atoms with van der Waals surface area (Å²) >= 11 is 0. The maximum absolute atomic E-state index is 13.0. The first-order chi connectivity index (χ1) is 12.7. The van der Waals surface area contributed by atoms with E-state index in [-0.39, 0.29) is 5.69 Å². The first-order valence-electron chi connectivity index (χ1n) is 8.32. The topological polar surface area (TPSA) is 78.8 Å². The highest BCUT2D eigenvalue weighted by Gasteiger charge is 2.20. The molecule has 2 aromatic rings. The number of rotatable bonds is 7. The minimum atomic E-state index is -3.72. The van der Waals surface area contributed by atoms with Gasteiger partial charge < -0.3 is 0 Å². The number of nitrogens with zero attached hydrogens (tertiary/aromatic N) is 2. The summed E-state index contributed by atoms with van der Waals surface area (Å²) in [5.41, 5.74) is 4.50. The second-order valence-electron chi connectivity index (χ2n) is 6.36. The van der Waals surface area contributed by atoms with Crippen molar-refractivity contribution >= 4 is 27.8 Å². The van der Waals surface area contributed by atoms with Crippen LogP contribution in [-0.2, 0) is 14.8 Å². The summed E-state index contributed by atoms with van der Waals surface area (Å²) in [6, 6.07) is 12.6. The van der Waals surface area contributed by atoms with E-state index in [1.165, 1.54) is 23.9 Å². The van der Waals surface area contributed by atoms with E-state index < -0.39 is 28.3 Å². The average Bonchev–Trinajstić information content (AvgIpc) is 2.60. The van der Waals surface area contributed by atoms with Gasteiger partial charge in [0, 0.05) is 0 Å². The number of carbonyl (C=O) groups is 1. The van der Waals surface area contributed by atoms with E-state index in [0.29, 0.717) is 5.92 Å². The predicted octanol–water partition coefficient (Wildman–Crippen LogP) is 2.87. The van der Waals surface area contributed by atoms with E-state index in [1.54, 1.807) is 0 Å². The second-order valence-corrected chi connectivity index (χ2v) is 8.27. The summed E-state index contributed by atoms with van der Waals surface area (Å²) in [5, 5.41) is 3.85. The molecule has 6 nitrogen and oxygen atoms in total. The third-order valence-corrected chi connectivity index (χ3v) is 4.95. The van der Waals surface area contributed by atoms with Gasteiger partial charge in [0.1, 0.15) is 12.4 Å². The Bertz CT molecular complexity index is 908. The number of hydrazone groups is 1. The Labute approximate surface area is 158 Å². The zero-order valence-electron chi connectivity index (χ0n) is 15.4. The lowest BCUT2D eigenvalue weighted by Crippen LogP contribution is -2.39. The highest BCUT2D eigenvalue weighted by atomic mass is 32.2. The summed E-state index contributed by atoms with van der Waals surface area (Å²) in [7, 11) is -3.72. The Morgan fingerprint density at radius 3 is 2.26 bits per heavy atom. The number of sulfonamides is 1. The van der Waals surface area contributed by atoms with Crippen molar-refractivity contribution in [3.8, 4) is 0 Å². The quantitative estimate of drug-likeness (QED) is 0.582. The lowest BCUT2D eigenvalue weighted by Gasteiger charge is -2.21. The molecular formula is C19H22FN3O3S. The van der Waals surface area contributed by atoms with Crippen LogP contribution in [0.25, 0.3) is 0 Å². The lowest BCUT2D eigenvalue weighted by atomic mass is 10.0. The number of hydrogen-bond acceptors (Lipinski definition) is 4. The third kappa shape index (κ3) is 6.18. The highest BCUT2D eigenvalue weighted by Crippen LogP contribution is 2.17. The number of nitrogens with one attached hydrogen (secondary N) is 1. The Kier molecular flexibility index (Phi) is 6.68. The van der Waals surface area contributed by atoms with Crippen LogP contribution in [0.15, 0.2) is 53.6 Å². The van der Waals surface area contributed by atoms with Crippen molar-refractivity contribution < 1.29 is 17.6 Å². The summed E-state index contributed by atoms with van der Waals surface area (Å²) in [6.45, 7) is 3.73. The summed E-state index contributed by atoms with van der Waals surface area (Å²) < 4.78 is 37.8. The number of benzene rings is 2. The van der Waals surface area contributed by atoms with Gasteiger partial charge in [-0.2, -0.15) is 5.10 Å². The molecule has 144 valence electrons. The summed E-state index contributed by atoms with van der Waals surface area (Å²) in [6.07, 6.45) is 2.45. The number of halogens is 1. The molecule has 1 N–H and O–H groups in total. The maximum Gasteiger partial charge on any atom is 0.260 e. The van der Waals surface area contributed by atoms with Gasteiger partial charge in [0.05, 0.1) is 18.2 Å². The first-order valence-corrected chi connectivity index (χ1v) is 10.2. The van der Waals surface area contributed by atoms with E-state index in [2.05, 4.69) is 24.4 Å². The fourth-order valence-electron chi connectivity index (χ4n) is 2.32. The highest BCUT2D eigenvalue weighted by molar-refractivity contribution is 7.92. The smallest absolute Gasteiger partial charge is 0.260 e. The van der Waals surface area contributed by atoms with Crippen LogP contribution in [0, 0.1) is 5.82 Å². The van der Waals surface area contributed by atoms with Crippen LogP contribution >= 0.6 is 0 Å². The number of carbonyl (C=O) groups excluding carboxylic acids is 1. The van der Waals surface area contributed by atoms with Crippen molar-refractivity contribution in [2.24, 2.45) is 5.10 Å². The number of amides is 1. The molecule has 27 heavy (non-hydrogen) atoms. The largest absolute Gasteiger partial charge is 0.271 e. The Morgan fingerprint density at radius 1 is 1.15 bits per heavy atom. The van der Waals surface area contributed by atoms with Gasteiger partial charge in [-0.3, -0.25) is 9.10 Å². The van der Waals surface area contributed by atoms with Crippen molar-refractivity contribution in [1.82, 2.24) is 5.43 Å². The van der Waals surface area contributed by atoms with Crippen LogP contribution in [0.1, 0.15) is 30.9 Å². The molecular weight excluding hydrogens is 369 g/mol. The van der Waals surface area contributed by atoms with Crippen LogP contribution in [0.3, 0.4) is 0 Å². The summed E-state index contributed by atoms with van der Waals surface area (Å²) in [4.78, 5) is 12.1. The van der Waals surface area contributed by atoms with Gasteiger partial charge in [-0.1, -0.05) is 38.1 Å². The van der Waals surface area contributed by atoms with Crippen LogP contribution in [-0.4, -0.2) is 33.3 Å².